The number of halogens is 1. The Labute approximate surface area is 147 Å². The predicted octanol–water partition coefficient (Wildman–Crippen LogP) is 3.26. The zero-order valence-corrected chi connectivity index (χ0v) is 15.3. The maximum Gasteiger partial charge on any atom is 0.241 e. The molecule has 0 aliphatic carbocycles. The van der Waals surface area contributed by atoms with Crippen molar-refractivity contribution < 1.29 is 9.59 Å². The molecular weight excluding hydrogens is 419 g/mol. The zero-order chi connectivity index (χ0) is 15.4. The first-order valence-corrected chi connectivity index (χ1v) is 8.92. The lowest BCUT2D eigenvalue weighted by molar-refractivity contribution is -0.126. The Hall–Kier alpha value is -0.670. The molecular formula is C14H15IN2O2S2. The van der Waals surface area contributed by atoms with E-state index in [0.717, 1.165) is 9.26 Å². The fraction of sp³-hybridized carbons (Fsp3) is 0.357. The van der Waals surface area contributed by atoms with Crippen LogP contribution in [0.15, 0.2) is 24.3 Å². The van der Waals surface area contributed by atoms with Crippen LogP contribution in [0, 0.1) is 3.57 Å². The van der Waals surface area contributed by atoms with Gasteiger partial charge >= 0.3 is 0 Å². The highest BCUT2D eigenvalue weighted by Crippen LogP contribution is 2.27. The largest absolute Gasteiger partial charge is 0.325 e. The number of hydrogen-bond acceptors (Lipinski definition) is 4. The maximum atomic E-state index is 11.9. The lowest BCUT2D eigenvalue weighted by Crippen LogP contribution is -2.32. The SMILES string of the molecule is CC1SC(=S)N(CCCC(=O)Nc2ccccc2I)C1=O. The van der Waals surface area contributed by atoms with Gasteiger partial charge < -0.3 is 5.32 Å². The van der Waals surface area contributed by atoms with E-state index < -0.39 is 0 Å². The van der Waals surface area contributed by atoms with Gasteiger partial charge in [0, 0.05) is 16.5 Å². The van der Waals surface area contributed by atoms with Gasteiger partial charge in [-0.3, -0.25) is 14.5 Å². The molecule has 1 aromatic rings. The normalized spacial score (nSPS) is 18.2. The number of carbonyl (C=O) groups excluding carboxylic acids is 2. The highest BCUT2D eigenvalue weighted by atomic mass is 127. The van der Waals surface area contributed by atoms with Crippen molar-refractivity contribution >= 4 is 68.4 Å². The minimum Gasteiger partial charge on any atom is -0.325 e. The summed E-state index contributed by atoms with van der Waals surface area (Å²) in [6.07, 6.45) is 0.977. The van der Waals surface area contributed by atoms with E-state index in [1.165, 1.54) is 11.8 Å². The topological polar surface area (TPSA) is 49.4 Å². The second kappa shape index (κ2) is 7.55. The van der Waals surface area contributed by atoms with Crippen LogP contribution in [-0.4, -0.2) is 32.8 Å². The van der Waals surface area contributed by atoms with Crippen molar-refractivity contribution in [2.45, 2.75) is 25.0 Å². The van der Waals surface area contributed by atoms with Crippen molar-refractivity contribution in [1.82, 2.24) is 4.90 Å². The summed E-state index contributed by atoms with van der Waals surface area (Å²) in [4.78, 5) is 25.4. The molecule has 1 unspecified atom stereocenters. The number of anilines is 1. The Balaban J connectivity index is 1.79. The molecule has 1 aromatic carbocycles. The minimum absolute atomic E-state index is 0.0441. The summed E-state index contributed by atoms with van der Waals surface area (Å²) in [5.74, 6) is 0.000368. The van der Waals surface area contributed by atoms with Crippen molar-refractivity contribution in [1.29, 1.82) is 0 Å². The molecule has 1 atom stereocenters. The third-order valence-electron chi connectivity index (χ3n) is 3.05. The van der Waals surface area contributed by atoms with Crippen molar-refractivity contribution in [2.75, 3.05) is 11.9 Å². The van der Waals surface area contributed by atoms with Crippen LogP contribution in [0.25, 0.3) is 0 Å². The molecule has 4 nitrogen and oxygen atoms in total. The lowest BCUT2D eigenvalue weighted by atomic mass is 10.2. The number of thioether (sulfide) groups is 1. The molecule has 1 fully saturated rings. The molecule has 112 valence electrons. The van der Waals surface area contributed by atoms with E-state index in [2.05, 4.69) is 27.9 Å². The quantitative estimate of drug-likeness (QED) is 0.571. The van der Waals surface area contributed by atoms with Crippen molar-refractivity contribution in [2.24, 2.45) is 0 Å². The zero-order valence-electron chi connectivity index (χ0n) is 11.5. The van der Waals surface area contributed by atoms with Crippen LogP contribution in [-0.2, 0) is 9.59 Å². The van der Waals surface area contributed by atoms with E-state index >= 15 is 0 Å². The van der Waals surface area contributed by atoms with E-state index in [4.69, 9.17) is 12.2 Å². The average Bonchev–Trinajstić information content (AvgIpc) is 2.68. The number of benzene rings is 1. The van der Waals surface area contributed by atoms with Gasteiger partial charge in [-0.25, -0.2) is 0 Å². The first kappa shape index (κ1) is 16.7. The van der Waals surface area contributed by atoms with Gasteiger partial charge in [-0.15, -0.1) is 0 Å². The van der Waals surface area contributed by atoms with Crippen molar-refractivity contribution in [3.05, 3.63) is 27.8 Å². The fourth-order valence-electron chi connectivity index (χ4n) is 1.95. The van der Waals surface area contributed by atoms with Gasteiger partial charge in [-0.05, 0) is 48.1 Å². The van der Waals surface area contributed by atoms with Gasteiger partial charge in [0.05, 0.1) is 10.9 Å². The van der Waals surface area contributed by atoms with Gasteiger partial charge in [0.1, 0.15) is 4.32 Å². The van der Waals surface area contributed by atoms with Crippen LogP contribution < -0.4 is 5.32 Å². The number of hydrogen-bond donors (Lipinski definition) is 1. The molecule has 0 aromatic heterocycles. The summed E-state index contributed by atoms with van der Waals surface area (Å²) in [6.45, 7) is 2.36. The number of thiocarbonyl (C=S) groups is 1. The summed E-state index contributed by atoms with van der Waals surface area (Å²) < 4.78 is 1.62. The smallest absolute Gasteiger partial charge is 0.241 e. The molecule has 0 saturated carbocycles. The van der Waals surface area contributed by atoms with Crippen LogP contribution in [0.5, 0.6) is 0 Å². The summed E-state index contributed by atoms with van der Waals surface area (Å²) >= 11 is 8.75. The number of rotatable bonds is 5. The van der Waals surface area contributed by atoms with Gasteiger partial charge in [0.15, 0.2) is 0 Å². The highest BCUT2D eigenvalue weighted by molar-refractivity contribution is 14.1. The molecule has 21 heavy (non-hydrogen) atoms. The van der Waals surface area contributed by atoms with Crippen LogP contribution in [0.3, 0.4) is 0 Å². The minimum atomic E-state index is -0.0998. The van der Waals surface area contributed by atoms with E-state index in [9.17, 15) is 9.59 Å². The van der Waals surface area contributed by atoms with Crippen LogP contribution in [0.4, 0.5) is 5.69 Å². The number of nitrogens with zero attached hydrogens (tertiary/aromatic N) is 1. The highest BCUT2D eigenvalue weighted by Gasteiger charge is 2.33. The number of para-hydroxylation sites is 1. The second-order valence-corrected chi connectivity index (χ2v) is 7.78. The Morgan fingerprint density at radius 3 is 2.81 bits per heavy atom. The van der Waals surface area contributed by atoms with Crippen LogP contribution in [0.2, 0.25) is 0 Å². The van der Waals surface area contributed by atoms with Crippen molar-refractivity contribution in [3.8, 4) is 0 Å². The Kier molecular flexibility index (Phi) is 6.00. The number of carbonyl (C=O) groups is 2. The van der Waals surface area contributed by atoms with Gasteiger partial charge in [0.2, 0.25) is 11.8 Å². The number of nitrogens with one attached hydrogen (secondary N) is 1. The van der Waals surface area contributed by atoms with Crippen LogP contribution >= 0.6 is 46.6 Å². The predicted molar refractivity (Wildman–Crippen MR) is 98.4 cm³/mol. The molecule has 1 heterocycles. The molecule has 0 radical (unpaired) electrons. The standard InChI is InChI=1S/C14H15IN2O2S2/c1-9-13(19)17(14(20)21-9)8-4-7-12(18)16-11-6-3-2-5-10(11)15/h2-3,5-6,9H,4,7-8H2,1H3,(H,16,18). The first-order valence-electron chi connectivity index (χ1n) is 6.55. The third kappa shape index (κ3) is 4.40. The summed E-state index contributed by atoms with van der Waals surface area (Å²) in [6, 6.07) is 7.63. The van der Waals surface area contributed by atoms with E-state index in [1.807, 2.05) is 31.2 Å². The molecule has 2 amide bonds. The molecule has 0 spiro atoms. The molecule has 1 aliphatic rings. The lowest BCUT2D eigenvalue weighted by Gasteiger charge is -2.15. The van der Waals surface area contributed by atoms with Crippen molar-refractivity contribution in [3.63, 3.8) is 0 Å². The first-order chi connectivity index (χ1) is 9.99. The molecule has 1 N–H and O–H groups in total. The molecule has 1 aliphatic heterocycles. The average molecular weight is 434 g/mol. The summed E-state index contributed by atoms with van der Waals surface area (Å²) in [5.41, 5.74) is 0.819. The summed E-state index contributed by atoms with van der Waals surface area (Å²) in [5, 5.41) is 2.78. The van der Waals surface area contributed by atoms with Gasteiger partial charge in [-0.1, -0.05) is 36.1 Å². The van der Waals surface area contributed by atoms with Gasteiger partial charge in [0.25, 0.3) is 0 Å². The fourth-order valence-corrected chi connectivity index (χ4v) is 3.92. The van der Waals surface area contributed by atoms with Crippen LogP contribution in [0.1, 0.15) is 19.8 Å². The molecule has 1 saturated heterocycles. The molecule has 2 rings (SSSR count). The Morgan fingerprint density at radius 1 is 1.48 bits per heavy atom. The molecule has 7 heteroatoms. The third-order valence-corrected chi connectivity index (χ3v) is 5.47. The van der Waals surface area contributed by atoms with E-state index in [1.54, 1.807) is 4.90 Å². The second-order valence-electron chi connectivity index (χ2n) is 4.65. The maximum absolute atomic E-state index is 11.9. The number of amides is 2. The Bertz CT molecular complexity index is 580. The monoisotopic (exact) mass is 434 g/mol. The Morgan fingerprint density at radius 2 is 2.19 bits per heavy atom. The molecule has 0 bridgehead atoms. The summed E-state index contributed by atoms with van der Waals surface area (Å²) in [7, 11) is 0. The van der Waals surface area contributed by atoms with E-state index in [0.29, 0.717) is 23.7 Å². The van der Waals surface area contributed by atoms with E-state index in [-0.39, 0.29) is 17.1 Å². The van der Waals surface area contributed by atoms with Gasteiger partial charge in [-0.2, -0.15) is 0 Å².